The zero-order valence-electron chi connectivity index (χ0n) is 18.2. The number of carbonyl (C=O) groups excluding carboxylic acids is 2. The van der Waals surface area contributed by atoms with E-state index in [4.69, 9.17) is 21.1 Å². The lowest BCUT2D eigenvalue weighted by atomic mass is 9.92. The third-order valence-electron chi connectivity index (χ3n) is 6.10. The van der Waals surface area contributed by atoms with E-state index in [0.29, 0.717) is 25.3 Å². The predicted octanol–water partition coefficient (Wildman–Crippen LogP) is -0.0194. The van der Waals surface area contributed by atoms with E-state index in [0.717, 1.165) is 19.3 Å². The minimum atomic E-state index is -1.41. The zero-order chi connectivity index (χ0) is 23.1. The Morgan fingerprint density at radius 3 is 2.55 bits per heavy atom. The molecule has 0 aliphatic carbocycles. The molecule has 9 atom stereocenters. The predicted molar refractivity (Wildman–Crippen MR) is 118 cm³/mol. The molecule has 2 rings (SSSR count). The number of rotatable bonds is 8. The molecule has 2 aliphatic heterocycles. The van der Waals surface area contributed by atoms with Crippen molar-refractivity contribution in [3.63, 3.8) is 0 Å². The summed E-state index contributed by atoms with van der Waals surface area (Å²) in [7, 11) is 1.37. The number of hydrogen-bond donors (Lipinski definition) is 5. The van der Waals surface area contributed by atoms with Gasteiger partial charge in [0.05, 0.1) is 24.6 Å². The van der Waals surface area contributed by atoms with Crippen molar-refractivity contribution in [3.8, 4) is 0 Å². The van der Waals surface area contributed by atoms with Gasteiger partial charge in [-0.1, -0.05) is 0 Å². The van der Waals surface area contributed by atoms with E-state index in [2.05, 4.69) is 10.6 Å². The Hall–Kier alpha value is -0.620. The minimum Gasteiger partial charge on any atom is -0.469 e. The highest BCUT2D eigenvalue weighted by Crippen LogP contribution is 2.30. The van der Waals surface area contributed by atoms with Crippen molar-refractivity contribution in [2.45, 2.75) is 86.3 Å². The van der Waals surface area contributed by atoms with Gasteiger partial charge in [-0.05, 0) is 51.3 Å². The maximum Gasteiger partial charge on any atom is 0.305 e. The molecule has 0 bridgehead atoms. The first-order valence-electron chi connectivity index (χ1n) is 10.7. The normalized spacial score (nSPS) is 36.2. The molecule has 0 aromatic heterocycles. The fraction of sp³-hybridized carbons (Fsp3) is 0.900. The third-order valence-corrected chi connectivity index (χ3v) is 7.23. The summed E-state index contributed by atoms with van der Waals surface area (Å²) in [5.74, 6) is -0.162. The third kappa shape index (κ3) is 7.18. The quantitative estimate of drug-likeness (QED) is 0.239. The van der Waals surface area contributed by atoms with Crippen LogP contribution in [0.3, 0.4) is 0 Å². The SMILES string of the molecule is COC(=O)CC[C@@H]1CCN[C@H](C(=O)N[C@H]([C@H](C)Cl)[C@H]2OC(SC)[C@H](O)C(O)C2O)CC1. The van der Waals surface area contributed by atoms with Crippen molar-refractivity contribution < 1.29 is 34.4 Å². The van der Waals surface area contributed by atoms with Gasteiger partial charge in [0.15, 0.2) is 0 Å². The summed E-state index contributed by atoms with van der Waals surface area (Å²) in [4.78, 5) is 24.4. The number of ether oxygens (including phenoxy) is 2. The van der Waals surface area contributed by atoms with Gasteiger partial charge in [0, 0.05) is 6.42 Å². The van der Waals surface area contributed by atoms with Crippen molar-refractivity contribution in [1.29, 1.82) is 0 Å². The molecule has 2 heterocycles. The molecule has 2 aliphatic rings. The number of aliphatic hydroxyl groups is 3. The highest BCUT2D eigenvalue weighted by atomic mass is 35.5. The summed E-state index contributed by atoms with van der Waals surface area (Å²) < 4.78 is 10.5. The summed E-state index contributed by atoms with van der Waals surface area (Å²) in [5, 5.41) is 36.3. The molecule has 1 amide bonds. The van der Waals surface area contributed by atoms with Crippen molar-refractivity contribution in [3.05, 3.63) is 0 Å². The van der Waals surface area contributed by atoms with Crippen LogP contribution in [0.5, 0.6) is 0 Å². The lowest BCUT2D eigenvalue weighted by Gasteiger charge is -2.44. The number of hydrogen-bond acceptors (Lipinski definition) is 9. The number of alkyl halides is 1. The van der Waals surface area contributed by atoms with Gasteiger partial charge in [0.2, 0.25) is 5.91 Å². The van der Waals surface area contributed by atoms with Crippen LogP contribution in [-0.4, -0.2) is 94.4 Å². The highest BCUT2D eigenvalue weighted by Gasteiger charge is 2.48. The number of thioether (sulfide) groups is 1. The Morgan fingerprint density at radius 1 is 1.23 bits per heavy atom. The lowest BCUT2D eigenvalue weighted by Crippen LogP contribution is -2.65. The Kier molecular flexibility index (Phi) is 10.8. The molecule has 0 aromatic carbocycles. The molecule has 180 valence electrons. The van der Waals surface area contributed by atoms with Gasteiger partial charge < -0.3 is 35.4 Å². The topological polar surface area (TPSA) is 137 Å². The Bertz CT molecular complexity index is 598. The van der Waals surface area contributed by atoms with Crippen molar-refractivity contribution in [2.75, 3.05) is 19.9 Å². The molecule has 31 heavy (non-hydrogen) atoms. The molecule has 0 spiro atoms. The molecular formula is C20H35ClN2O7S. The maximum atomic E-state index is 13.0. The van der Waals surface area contributed by atoms with E-state index in [1.54, 1.807) is 13.2 Å². The Morgan fingerprint density at radius 2 is 1.94 bits per heavy atom. The van der Waals surface area contributed by atoms with Gasteiger partial charge in [-0.2, -0.15) is 0 Å². The minimum absolute atomic E-state index is 0.229. The van der Waals surface area contributed by atoms with Crippen LogP contribution >= 0.6 is 23.4 Å². The number of esters is 1. The molecule has 5 N–H and O–H groups in total. The molecule has 0 radical (unpaired) electrons. The Balaban J connectivity index is 1.98. The number of methoxy groups -OCH3 is 1. The number of halogens is 1. The molecular weight excluding hydrogens is 448 g/mol. The second kappa shape index (κ2) is 12.6. The van der Waals surface area contributed by atoms with Gasteiger partial charge in [0.1, 0.15) is 29.9 Å². The molecule has 11 heteroatoms. The van der Waals surface area contributed by atoms with Crippen LogP contribution in [0, 0.1) is 5.92 Å². The average Bonchev–Trinajstić information content (AvgIpc) is 3.00. The zero-order valence-corrected chi connectivity index (χ0v) is 19.8. The van der Waals surface area contributed by atoms with Crippen LogP contribution in [-0.2, 0) is 19.1 Å². The average molecular weight is 483 g/mol. The second-order valence-electron chi connectivity index (χ2n) is 8.24. The van der Waals surface area contributed by atoms with E-state index in [1.807, 2.05) is 0 Å². The van der Waals surface area contributed by atoms with Gasteiger partial charge in [-0.15, -0.1) is 23.4 Å². The maximum absolute atomic E-state index is 13.0. The first-order chi connectivity index (χ1) is 14.7. The van der Waals surface area contributed by atoms with Crippen molar-refractivity contribution in [2.24, 2.45) is 5.92 Å². The van der Waals surface area contributed by atoms with Crippen LogP contribution in [0.1, 0.15) is 39.0 Å². The first kappa shape index (κ1) is 26.6. The number of amides is 1. The van der Waals surface area contributed by atoms with E-state index < -0.39 is 47.3 Å². The summed E-state index contributed by atoms with van der Waals surface area (Å²) >= 11 is 7.53. The monoisotopic (exact) mass is 482 g/mol. The van der Waals surface area contributed by atoms with Crippen molar-refractivity contribution >= 4 is 35.2 Å². The molecule has 0 saturated carbocycles. The summed E-state index contributed by atoms with van der Waals surface area (Å²) in [5.41, 5.74) is -0.746. The molecule has 9 nitrogen and oxygen atoms in total. The van der Waals surface area contributed by atoms with Crippen LogP contribution in [0.4, 0.5) is 0 Å². The number of aliphatic hydroxyl groups excluding tert-OH is 3. The van der Waals surface area contributed by atoms with Gasteiger partial charge in [0.25, 0.3) is 0 Å². The summed E-state index contributed by atoms with van der Waals surface area (Å²) in [6.07, 6.45) is 0.0642. The number of nitrogens with one attached hydrogen (secondary N) is 2. The van der Waals surface area contributed by atoms with E-state index >= 15 is 0 Å². The highest BCUT2D eigenvalue weighted by molar-refractivity contribution is 7.99. The standard InChI is InChI=1S/C20H35ClN2O7S/c1-10(21)14(18-16(26)15(25)17(27)20(30-18)31-3)23-19(28)12-6-4-11(8-9-22-12)5-7-13(24)29-2/h10-12,14-18,20,22,25-27H,4-9H2,1-3H3,(H,23,28)/t10-,11+,12-,14+,15?,16?,17+,18+,20?/m0/s1. The lowest BCUT2D eigenvalue weighted by molar-refractivity contribution is -0.205. The largest absolute Gasteiger partial charge is 0.469 e. The van der Waals surface area contributed by atoms with E-state index in [1.165, 1.54) is 18.9 Å². The summed E-state index contributed by atoms with van der Waals surface area (Å²) in [6, 6.07) is -1.20. The Labute approximate surface area is 192 Å². The van der Waals surface area contributed by atoms with Gasteiger partial charge >= 0.3 is 5.97 Å². The van der Waals surface area contributed by atoms with Gasteiger partial charge in [-0.3, -0.25) is 9.59 Å². The number of carbonyl (C=O) groups is 2. The van der Waals surface area contributed by atoms with Crippen LogP contribution in [0.2, 0.25) is 0 Å². The second-order valence-corrected chi connectivity index (χ2v) is 9.87. The van der Waals surface area contributed by atoms with E-state index in [-0.39, 0.29) is 11.9 Å². The first-order valence-corrected chi connectivity index (χ1v) is 12.4. The molecule has 3 unspecified atom stereocenters. The van der Waals surface area contributed by atoms with E-state index in [9.17, 15) is 24.9 Å². The van der Waals surface area contributed by atoms with Crippen LogP contribution < -0.4 is 10.6 Å². The fourth-order valence-electron chi connectivity index (χ4n) is 4.14. The molecule has 2 fully saturated rings. The molecule has 0 aromatic rings. The van der Waals surface area contributed by atoms with Crippen LogP contribution in [0.25, 0.3) is 0 Å². The smallest absolute Gasteiger partial charge is 0.305 e. The van der Waals surface area contributed by atoms with Crippen LogP contribution in [0.15, 0.2) is 0 Å². The fourth-order valence-corrected chi connectivity index (χ4v) is 5.02. The molecule has 2 saturated heterocycles. The van der Waals surface area contributed by atoms with Crippen molar-refractivity contribution in [1.82, 2.24) is 10.6 Å². The van der Waals surface area contributed by atoms with Gasteiger partial charge in [-0.25, -0.2) is 0 Å². The summed E-state index contributed by atoms with van der Waals surface area (Å²) in [6.45, 7) is 2.32.